The SMILES string of the molecule is C(=C\c1ccc(N(c2ccccc2)c2ccccc2)cc1)/c1ccc(C(c2ccccc2)c2ccccc2)cc1. The molecule has 6 aromatic rings. The molecule has 1 nitrogen and oxygen atoms in total. The molecule has 0 fully saturated rings. The van der Waals surface area contributed by atoms with Gasteiger partial charge in [-0.15, -0.1) is 0 Å². The summed E-state index contributed by atoms with van der Waals surface area (Å²) in [6.45, 7) is 0. The molecule has 0 saturated heterocycles. The molecule has 40 heavy (non-hydrogen) atoms. The zero-order chi connectivity index (χ0) is 27.0. The fourth-order valence-corrected chi connectivity index (χ4v) is 5.20. The van der Waals surface area contributed by atoms with E-state index < -0.39 is 0 Å². The highest BCUT2D eigenvalue weighted by Crippen LogP contribution is 2.35. The van der Waals surface area contributed by atoms with Crippen molar-refractivity contribution in [2.45, 2.75) is 5.92 Å². The molecule has 0 unspecified atom stereocenters. The maximum Gasteiger partial charge on any atom is 0.0462 e. The Morgan fingerprint density at radius 3 is 1.07 bits per heavy atom. The molecule has 0 heterocycles. The molecule has 192 valence electrons. The van der Waals surface area contributed by atoms with Crippen LogP contribution in [0.3, 0.4) is 0 Å². The van der Waals surface area contributed by atoms with E-state index in [-0.39, 0.29) is 5.92 Å². The van der Waals surface area contributed by atoms with Crippen molar-refractivity contribution in [3.63, 3.8) is 0 Å². The predicted octanol–water partition coefficient (Wildman–Crippen LogP) is 10.5. The minimum atomic E-state index is 0.213. The first kappa shape index (κ1) is 25.2. The number of hydrogen-bond acceptors (Lipinski definition) is 1. The van der Waals surface area contributed by atoms with Gasteiger partial charge in [-0.05, 0) is 64.2 Å². The standard InChI is InChI=1S/C39H31N/c1-5-13-33(14-6-1)39(34-15-7-2-8-16-34)35-27-23-31(24-28-35)21-22-32-25-29-38(30-26-32)40(36-17-9-3-10-18-36)37-19-11-4-12-20-37/h1-30,39H/b22-21+. The lowest BCUT2D eigenvalue weighted by atomic mass is 9.85. The molecule has 0 aliphatic heterocycles. The summed E-state index contributed by atoms with van der Waals surface area (Å²) in [4.78, 5) is 2.28. The Hall–Kier alpha value is -5.14. The first-order valence-electron chi connectivity index (χ1n) is 13.7. The fourth-order valence-electron chi connectivity index (χ4n) is 5.20. The summed E-state index contributed by atoms with van der Waals surface area (Å²) in [5.74, 6) is 0.213. The lowest BCUT2D eigenvalue weighted by molar-refractivity contribution is 0.977. The summed E-state index contributed by atoms with van der Waals surface area (Å²) >= 11 is 0. The van der Waals surface area contributed by atoms with E-state index in [2.05, 4.69) is 187 Å². The molecule has 0 amide bonds. The number of benzene rings is 6. The van der Waals surface area contributed by atoms with Gasteiger partial charge in [0.25, 0.3) is 0 Å². The third-order valence-electron chi connectivity index (χ3n) is 7.18. The minimum Gasteiger partial charge on any atom is -0.311 e. The number of para-hydroxylation sites is 2. The Kier molecular flexibility index (Phi) is 7.64. The van der Waals surface area contributed by atoms with Crippen LogP contribution in [0.25, 0.3) is 12.2 Å². The molecule has 0 saturated carbocycles. The second-order valence-electron chi connectivity index (χ2n) is 9.85. The van der Waals surface area contributed by atoms with Gasteiger partial charge in [0.1, 0.15) is 0 Å². The summed E-state index contributed by atoms with van der Waals surface area (Å²) in [5, 5.41) is 0. The van der Waals surface area contributed by atoms with Crippen LogP contribution in [0.1, 0.15) is 33.7 Å². The van der Waals surface area contributed by atoms with Gasteiger partial charge in [0.05, 0.1) is 0 Å². The zero-order valence-electron chi connectivity index (χ0n) is 22.3. The van der Waals surface area contributed by atoms with E-state index in [0.29, 0.717) is 0 Å². The zero-order valence-corrected chi connectivity index (χ0v) is 22.3. The molecular weight excluding hydrogens is 482 g/mol. The summed E-state index contributed by atoms with van der Waals surface area (Å²) in [6, 6.07) is 60.1. The Bertz CT molecular complexity index is 1430. The van der Waals surface area contributed by atoms with Gasteiger partial charge in [-0.2, -0.15) is 0 Å². The van der Waals surface area contributed by atoms with Crippen LogP contribution in [-0.4, -0.2) is 0 Å². The first-order valence-corrected chi connectivity index (χ1v) is 13.7. The van der Waals surface area contributed by atoms with E-state index >= 15 is 0 Å². The van der Waals surface area contributed by atoms with Crippen molar-refractivity contribution in [1.82, 2.24) is 0 Å². The molecule has 0 aromatic heterocycles. The Morgan fingerprint density at radius 2 is 0.650 bits per heavy atom. The molecule has 0 radical (unpaired) electrons. The highest BCUT2D eigenvalue weighted by atomic mass is 15.1. The Labute approximate surface area is 237 Å². The van der Waals surface area contributed by atoms with Crippen LogP contribution in [0.2, 0.25) is 0 Å². The summed E-state index contributed by atoms with van der Waals surface area (Å²) in [7, 11) is 0. The van der Waals surface area contributed by atoms with Gasteiger partial charge >= 0.3 is 0 Å². The summed E-state index contributed by atoms with van der Waals surface area (Å²) in [6.07, 6.45) is 4.37. The van der Waals surface area contributed by atoms with Crippen LogP contribution in [0.15, 0.2) is 170 Å². The van der Waals surface area contributed by atoms with Gasteiger partial charge in [0.15, 0.2) is 0 Å². The van der Waals surface area contributed by atoms with Crippen LogP contribution in [0, 0.1) is 0 Å². The molecule has 0 bridgehead atoms. The predicted molar refractivity (Wildman–Crippen MR) is 170 cm³/mol. The van der Waals surface area contributed by atoms with Crippen molar-refractivity contribution in [3.05, 3.63) is 198 Å². The number of rotatable bonds is 8. The molecule has 0 atom stereocenters. The third kappa shape index (κ3) is 5.80. The van der Waals surface area contributed by atoms with Crippen molar-refractivity contribution in [2.75, 3.05) is 4.90 Å². The normalized spacial score (nSPS) is 11.1. The molecule has 6 aromatic carbocycles. The molecular formula is C39H31N. The second kappa shape index (κ2) is 12.1. The quantitative estimate of drug-likeness (QED) is 0.144. The molecule has 6 rings (SSSR count). The van der Waals surface area contributed by atoms with Crippen molar-refractivity contribution in [2.24, 2.45) is 0 Å². The minimum absolute atomic E-state index is 0.213. The van der Waals surface area contributed by atoms with E-state index in [1.165, 1.54) is 27.8 Å². The lowest BCUT2D eigenvalue weighted by Gasteiger charge is -2.25. The van der Waals surface area contributed by atoms with Crippen LogP contribution >= 0.6 is 0 Å². The van der Waals surface area contributed by atoms with E-state index in [1.54, 1.807) is 0 Å². The van der Waals surface area contributed by atoms with Gasteiger partial charge in [-0.3, -0.25) is 0 Å². The van der Waals surface area contributed by atoms with E-state index in [0.717, 1.165) is 17.1 Å². The van der Waals surface area contributed by atoms with Gasteiger partial charge in [-0.1, -0.05) is 146 Å². The number of hydrogen-bond donors (Lipinski definition) is 0. The maximum atomic E-state index is 2.28. The lowest BCUT2D eigenvalue weighted by Crippen LogP contribution is -2.09. The molecule has 0 spiro atoms. The van der Waals surface area contributed by atoms with Crippen molar-refractivity contribution in [3.8, 4) is 0 Å². The van der Waals surface area contributed by atoms with Gasteiger partial charge < -0.3 is 4.90 Å². The average molecular weight is 514 g/mol. The third-order valence-corrected chi connectivity index (χ3v) is 7.18. The smallest absolute Gasteiger partial charge is 0.0462 e. The Morgan fingerprint density at radius 1 is 0.325 bits per heavy atom. The van der Waals surface area contributed by atoms with Crippen LogP contribution < -0.4 is 4.90 Å². The first-order chi connectivity index (χ1) is 19.8. The maximum absolute atomic E-state index is 2.28. The van der Waals surface area contributed by atoms with Crippen molar-refractivity contribution < 1.29 is 0 Å². The molecule has 0 N–H and O–H groups in total. The average Bonchev–Trinajstić information content (AvgIpc) is 3.04. The highest BCUT2D eigenvalue weighted by molar-refractivity contribution is 5.78. The van der Waals surface area contributed by atoms with Gasteiger partial charge in [0.2, 0.25) is 0 Å². The van der Waals surface area contributed by atoms with Crippen molar-refractivity contribution in [1.29, 1.82) is 0 Å². The van der Waals surface area contributed by atoms with Crippen molar-refractivity contribution >= 4 is 29.2 Å². The topological polar surface area (TPSA) is 3.24 Å². The van der Waals surface area contributed by atoms with Crippen LogP contribution in [0.4, 0.5) is 17.1 Å². The van der Waals surface area contributed by atoms with Crippen LogP contribution in [-0.2, 0) is 0 Å². The largest absolute Gasteiger partial charge is 0.311 e. The summed E-state index contributed by atoms with van der Waals surface area (Å²) in [5.41, 5.74) is 9.66. The van der Waals surface area contributed by atoms with E-state index in [1.807, 2.05) is 0 Å². The highest BCUT2D eigenvalue weighted by Gasteiger charge is 2.16. The van der Waals surface area contributed by atoms with Gasteiger partial charge in [-0.25, -0.2) is 0 Å². The monoisotopic (exact) mass is 513 g/mol. The van der Waals surface area contributed by atoms with E-state index in [9.17, 15) is 0 Å². The van der Waals surface area contributed by atoms with Gasteiger partial charge in [0, 0.05) is 23.0 Å². The molecule has 1 heteroatoms. The fraction of sp³-hybridized carbons (Fsp3) is 0.0256. The van der Waals surface area contributed by atoms with Crippen LogP contribution in [0.5, 0.6) is 0 Å². The molecule has 0 aliphatic carbocycles. The molecule has 0 aliphatic rings. The summed E-state index contributed by atoms with van der Waals surface area (Å²) < 4.78 is 0. The number of anilines is 3. The number of nitrogens with zero attached hydrogens (tertiary/aromatic N) is 1. The Balaban J connectivity index is 1.22. The van der Waals surface area contributed by atoms with E-state index in [4.69, 9.17) is 0 Å². The second-order valence-corrected chi connectivity index (χ2v) is 9.85.